The van der Waals surface area contributed by atoms with Gasteiger partial charge in [0.25, 0.3) is 5.91 Å². The van der Waals surface area contributed by atoms with E-state index in [4.69, 9.17) is 16.3 Å². The topological polar surface area (TPSA) is 168 Å². The molecule has 4 aliphatic rings. The number of thiazole rings is 1. The summed E-state index contributed by atoms with van der Waals surface area (Å²) in [5.74, 6) is 6.73. The molecule has 13 nitrogen and oxygen atoms in total. The molecule has 0 spiro atoms. The van der Waals surface area contributed by atoms with Crippen LogP contribution in [0.5, 0.6) is 5.75 Å². The number of aliphatic hydroxyl groups excluding tert-OH is 1. The summed E-state index contributed by atoms with van der Waals surface area (Å²) in [5.41, 5.74) is 6.30. The van der Waals surface area contributed by atoms with Crippen LogP contribution in [0.1, 0.15) is 125 Å². The number of carbonyl (C=O) groups excluding carboxylic acids is 4. The number of aryl methyl sites for hydroxylation is 1. The molecule has 0 bridgehead atoms. The predicted molar refractivity (Wildman–Crippen MR) is 275 cm³/mol. The summed E-state index contributed by atoms with van der Waals surface area (Å²) in [6, 6.07) is 18.8. The number of hydrogen-bond donors (Lipinski definition) is 3. The summed E-state index contributed by atoms with van der Waals surface area (Å²) in [7, 11) is 0. The maximum Gasteiger partial charge on any atom is 0.254 e. The van der Waals surface area contributed by atoms with Crippen LogP contribution in [0.3, 0.4) is 0 Å². The van der Waals surface area contributed by atoms with Gasteiger partial charge in [-0.15, -0.1) is 11.3 Å². The molecule has 0 radical (unpaired) electrons. The minimum atomic E-state index is -0.908. The van der Waals surface area contributed by atoms with E-state index >= 15 is 0 Å². The van der Waals surface area contributed by atoms with Gasteiger partial charge in [0.2, 0.25) is 17.7 Å². The van der Waals surface area contributed by atoms with Crippen LogP contribution in [-0.4, -0.2) is 105 Å². The minimum absolute atomic E-state index is 0.00627. The van der Waals surface area contributed by atoms with Crippen molar-refractivity contribution in [3.63, 3.8) is 0 Å². The van der Waals surface area contributed by atoms with Gasteiger partial charge in [0.15, 0.2) is 0 Å². The van der Waals surface area contributed by atoms with Crippen molar-refractivity contribution in [2.45, 2.75) is 131 Å². The second-order valence-corrected chi connectivity index (χ2v) is 23.5. The van der Waals surface area contributed by atoms with Crippen molar-refractivity contribution in [1.82, 2.24) is 30.3 Å². The van der Waals surface area contributed by atoms with E-state index < -0.39 is 23.6 Å². The SMILES string of the molecule is Cc1ncsc1-c1ccc([C@H](C)NC(=O)[C@H]2C[C@@H](O)CN2C(=O)[C@@H](NC(=O)CN2CCC(CC#Cc3ccc4c(c3)CN([C@H]3C(C)(C)[C@H](Oc5ccc(C#N)c(Cl)c5)C3(C)C)C4=O)CC2)C(C)(C)C)cc1. The first-order chi connectivity index (χ1) is 33.6. The number of likely N-dealkylation sites (tertiary alicyclic amines) is 2. The number of fused-ring (bicyclic) bond motifs is 1. The van der Waals surface area contributed by atoms with Crippen LogP contribution < -0.4 is 15.4 Å². The van der Waals surface area contributed by atoms with Crippen molar-refractivity contribution in [2.75, 3.05) is 26.2 Å². The summed E-state index contributed by atoms with van der Waals surface area (Å²) in [6.45, 7) is 20.2. The Morgan fingerprint density at radius 3 is 2.35 bits per heavy atom. The van der Waals surface area contributed by atoms with Crippen LogP contribution in [0.2, 0.25) is 5.02 Å². The van der Waals surface area contributed by atoms with Crippen molar-refractivity contribution in [2.24, 2.45) is 22.2 Å². The maximum atomic E-state index is 14.3. The van der Waals surface area contributed by atoms with Gasteiger partial charge in [-0.25, -0.2) is 4.98 Å². The van der Waals surface area contributed by atoms with Crippen LogP contribution in [0, 0.1) is 52.3 Å². The van der Waals surface area contributed by atoms with Gasteiger partial charge in [0.05, 0.1) is 45.4 Å². The Hall–Kier alpha value is -5.77. The second kappa shape index (κ2) is 20.4. The first kappa shape index (κ1) is 51.6. The van der Waals surface area contributed by atoms with Gasteiger partial charge in [0, 0.05) is 60.0 Å². The lowest BCUT2D eigenvalue weighted by Crippen LogP contribution is -2.74. The zero-order valence-electron chi connectivity index (χ0n) is 42.3. The fourth-order valence-electron chi connectivity index (χ4n) is 11.7. The molecule has 15 heteroatoms. The first-order valence-electron chi connectivity index (χ1n) is 24.7. The normalized spacial score (nSPS) is 22.6. The van der Waals surface area contributed by atoms with Crippen molar-refractivity contribution in [3.8, 4) is 34.1 Å². The monoisotopic (exact) mass is 999 g/mol. The number of benzene rings is 3. The fraction of sp³-hybridized carbons (Fsp3) is 0.500. The number of piperidine rings is 1. The number of nitriles is 1. The molecule has 4 atom stereocenters. The molecule has 2 saturated heterocycles. The summed E-state index contributed by atoms with van der Waals surface area (Å²) in [4.78, 5) is 66.5. The molecule has 4 heterocycles. The largest absolute Gasteiger partial charge is 0.489 e. The van der Waals surface area contributed by atoms with Crippen LogP contribution >= 0.6 is 22.9 Å². The number of ether oxygens (including phenoxy) is 1. The Morgan fingerprint density at radius 1 is 1.01 bits per heavy atom. The molecule has 3 fully saturated rings. The molecule has 71 heavy (non-hydrogen) atoms. The van der Waals surface area contributed by atoms with Crippen molar-refractivity contribution < 1.29 is 29.0 Å². The van der Waals surface area contributed by atoms with Gasteiger partial charge in [-0.05, 0) is 98.1 Å². The zero-order chi connectivity index (χ0) is 51.2. The lowest BCUT2D eigenvalue weighted by Gasteiger charge is -2.65. The third-order valence-electron chi connectivity index (χ3n) is 15.1. The Morgan fingerprint density at radius 2 is 1.72 bits per heavy atom. The van der Waals surface area contributed by atoms with Gasteiger partial charge in [-0.1, -0.05) is 96.2 Å². The fourth-order valence-corrected chi connectivity index (χ4v) is 12.7. The second-order valence-electron chi connectivity index (χ2n) is 22.2. The van der Waals surface area contributed by atoms with E-state index in [9.17, 15) is 29.5 Å². The predicted octanol–water partition coefficient (Wildman–Crippen LogP) is 8.31. The number of amides is 4. The highest BCUT2D eigenvalue weighted by Gasteiger charge is 2.67. The number of aromatic nitrogens is 1. The van der Waals surface area contributed by atoms with Crippen LogP contribution in [0.25, 0.3) is 10.4 Å². The third-order valence-corrected chi connectivity index (χ3v) is 16.4. The van der Waals surface area contributed by atoms with E-state index in [0.29, 0.717) is 40.8 Å². The Bertz CT molecular complexity index is 2780. The summed E-state index contributed by atoms with van der Waals surface area (Å²) in [6.07, 6.45) is 1.53. The molecule has 3 N–H and O–H groups in total. The third kappa shape index (κ3) is 10.7. The van der Waals surface area contributed by atoms with Crippen molar-refractivity contribution >= 4 is 46.6 Å². The molecule has 1 aliphatic carbocycles. The Labute approximate surface area is 427 Å². The van der Waals surface area contributed by atoms with Gasteiger partial charge < -0.3 is 30.3 Å². The molecule has 374 valence electrons. The summed E-state index contributed by atoms with van der Waals surface area (Å²) in [5, 5.41) is 26.4. The van der Waals surface area contributed by atoms with E-state index in [-0.39, 0.29) is 72.2 Å². The van der Waals surface area contributed by atoms with E-state index in [2.05, 4.69) is 66.1 Å². The van der Waals surface area contributed by atoms with Crippen molar-refractivity contribution in [1.29, 1.82) is 5.26 Å². The molecule has 1 saturated carbocycles. The number of nitrogens with zero attached hydrogens (tertiary/aromatic N) is 5. The lowest BCUT2D eigenvalue weighted by molar-refractivity contribution is -0.199. The van der Waals surface area contributed by atoms with E-state index in [1.54, 1.807) is 29.5 Å². The average molecular weight is 1000 g/mol. The highest BCUT2D eigenvalue weighted by molar-refractivity contribution is 7.13. The lowest BCUT2D eigenvalue weighted by atomic mass is 9.49. The molecular weight excluding hydrogens is 934 g/mol. The number of β-amino-alcohol motifs (C(OH)–C–C–N with tert-alkyl or cyclic N) is 1. The quantitative estimate of drug-likeness (QED) is 0.118. The molecular formula is C56H66ClN7O6S. The summed E-state index contributed by atoms with van der Waals surface area (Å²) >= 11 is 7.89. The average Bonchev–Trinajstić information content (AvgIpc) is 4.02. The van der Waals surface area contributed by atoms with Crippen LogP contribution in [0.15, 0.2) is 66.2 Å². The smallest absolute Gasteiger partial charge is 0.254 e. The highest BCUT2D eigenvalue weighted by atomic mass is 35.5. The van der Waals surface area contributed by atoms with Crippen LogP contribution in [-0.2, 0) is 20.9 Å². The van der Waals surface area contributed by atoms with Gasteiger partial charge in [-0.3, -0.25) is 24.1 Å². The molecule has 1 aromatic heterocycles. The van der Waals surface area contributed by atoms with E-state index in [1.165, 1.54) is 4.90 Å². The first-order valence-corrected chi connectivity index (χ1v) is 25.9. The minimum Gasteiger partial charge on any atom is -0.489 e. The maximum absolute atomic E-state index is 14.3. The standard InChI is InChI=1S/C56H66ClN7O6S/c1-33(37-14-16-38(17-15-37)47-34(2)59-32-71-47)60-49(67)45-26-41(65)30-63(45)51(69)48(54(3,4)5)61-46(66)31-62-23-21-35(22-24-62)11-10-12-36-13-20-43-40(25-36)29-64(50(43)68)52-55(6,7)53(56(52,8)9)70-42-19-18-39(28-58)44(57)27-42/h13-20,25,27,32-33,35,41,45,48,52-53,65H,11,21-24,26,29-31H2,1-9H3,(H,60,67)(H,61,66)/t33-,41+,45+,48+,52-,53-/m0/s1. The highest BCUT2D eigenvalue weighted by Crippen LogP contribution is 2.59. The molecule has 0 unspecified atom stereocenters. The summed E-state index contributed by atoms with van der Waals surface area (Å²) < 4.78 is 6.49. The number of halogens is 1. The van der Waals surface area contributed by atoms with Gasteiger partial charge >= 0.3 is 0 Å². The number of aliphatic hydroxyl groups is 1. The van der Waals surface area contributed by atoms with E-state index in [1.807, 2.05) is 87.5 Å². The molecule has 4 aromatic rings. The Balaban J connectivity index is 0.808. The molecule has 3 aliphatic heterocycles. The number of nitrogens with one attached hydrogen (secondary N) is 2. The number of carbonyl (C=O) groups is 4. The van der Waals surface area contributed by atoms with Gasteiger partial charge in [-0.2, -0.15) is 5.26 Å². The number of rotatable bonds is 12. The van der Waals surface area contributed by atoms with Crippen molar-refractivity contribution in [3.05, 3.63) is 105 Å². The molecule has 4 amide bonds. The number of hydrogen-bond acceptors (Lipinski definition) is 10. The Kier molecular flexibility index (Phi) is 14.8. The van der Waals surface area contributed by atoms with Gasteiger partial charge in [0.1, 0.15) is 30.0 Å². The van der Waals surface area contributed by atoms with E-state index in [0.717, 1.165) is 58.8 Å². The van der Waals surface area contributed by atoms with Crippen LogP contribution in [0.4, 0.5) is 0 Å². The zero-order valence-corrected chi connectivity index (χ0v) is 43.8. The molecule has 8 rings (SSSR count). The molecule has 3 aromatic carbocycles.